The van der Waals surface area contributed by atoms with Gasteiger partial charge >= 0.3 is 0 Å². The molecule has 2 rings (SSSR count). The van der Waals surface area contributed by atoms with Crippen LogP contribution in [-0.2, 0) is 9.47 Å². The second kappa shape index (κ2) is 5.55. The van der Waals surface area contributed by atoms with Crippen molar-refractivity contribution in [1.82, 2.24) is 10.4 Å². The molecule has 1 aromatic heterocycles. The molecule has 0 aromatic carbocycles. The highest BCUT2D eigenvalue weighted by Crippen LogP contribution is 2.36. The molecule has 5 heteroatoms. The lowest BCUT2D eigenvalue weighted by molar-refractivity contribution is -0.111. The third kappa shape index (κ3) is 2.47. The van der Waals surface area contributed by atoms with E-state index in [0.717, 1.165) is 18.4 Å². The number of nitrogens with one attached hydrogen (secondary N) is 1. The smallest absolute Gasteiger partial charge is 0.0929 e. The van der Waals surface area contributed by atoms with Crippen LogP contribution in [0, 0.1) is 0 Å². The van der Waals surface area contributed by atoms with E-state index in [1.807, 2.05) is 18.3 Å². The van der Waals surface area contributed by atoms with E-state index < -0.39 is 0 Å². The monoisotopic (exact) mass is 237 g/mol. The Balaban J connectivity index is 2.26. The molecule has 1 aromatic rings. The van der Waals surface area contributed by atoms with Gasteiger partial charge in [-0.05, 0) is 11.6 Å². The maximum atomic E-state index is 5.74. The molecule has 1 unspecified atom stereocenters. The van der Waals surface area contributed by atoms with E-state index in [1.54, 1.807) is 13.3 Å². The van der Waals surface area contributed by atoms with E-state index in [2.05, 4.69) is 10.4 Å². The average Bonchev–Trinajstić information content (AvgIpc) is 2.42. The van der Waals surface area contributed by atoms with Crippen LogP contribution in [0.5, 0.6) is 0 Å². The summed E-state index contributed by atoms with van der Waals surface area (Å²) in [5.41, 5.74) is 3.59. The van der Waals surface area contributed by atoms with E-state index in [9.17, 15) is 0 Å². The first-order valence-electron chi connectivity index (χ1n) is 5.81. The molecule has 1 aliphatic rings. The van der Waals surface area contributed by atoms with Crippen LogP contribution in [0.4, 0.5) is 0 Å². The van der Waals surface area contributed by atoms with Gasteiger partial charge in [-0.3, -0.25) is 16.3 Å². The van der Waals surface area contributed by atoms with Crippen molar-refractivity contribution in [3.8, 4) is 0 Å². The normalized spacial score (nSPS) is 21.1. The Morgan fingerprint density at radius 3 is 2.82 bits per heavy atom. The minimum Gasteiger partial charge on any atom is -0.381 e. The van der Waals surface area contributed by atoms with Gasteiger partial charge in [-0.25, -0.2) is 0 Å². The summed E-state index contributed by atoms with van der Waals surface area (Å²) in [7, 11) is 1.73. The second-order valence-corrected chi connectivity index (χ2v) is 4.27. The Labute approximate surface area is 101 Å². The molecule has 5 nitrogen and oxygen atoms in total. The van der Waals surface area contributed by atoms with Crippen molar-refractivity contribution in [2.75, 3.05) is 20.3 Å². The van der Waals surface area contributed by atoms with Crippen molar-refractivity contribution in [2.24, 2.45) is 5.84 Å². The average molecular weight is 237 g/mol. The minimum atomic E-state index is -0.309. The highest BCUT2D eigenvalue weighted by Gasteiger charge is 2.41. The third-order valence-corrected chi connectivity index (χ3v) is 3.46. The molecule has 2 heterocycles. The van der Waals surface area contributed by atoms with Crippen molar-refractivity contribution in [2.45, 2.75) is 24.5 Å². The molecular weight excluding hydrogens is 218 g/mol. The summed E-state index contributed by atoms with van der Waals surface area (Å²) in [6.45, 7) is 1.40. The van der Waals surface area contributed by atoms with Crippen LogP contribution in [0.2, 0.25) is 0 Å². The fraction of sp³-hybridized carbons (Fsp3) is 0.583. The number of rotatable bonds is 4. The first kappa shape index (κ1) is 12.4. The predicted molar refractivity (Wildman–Crippen MR) is 64.1 cm³/mol. The quantitative estimate of drug-likeness (QED) is 0.598. The molecule has 0 amide bonds. The molecule has 0 spiro atoms. The van der Waals surface area contributed by atoms with Gasteiger partial charge in [-0.15, -0.1) is 0 Å². The summed E-state index contributed by atoms with van der Waals surface area (Å²) in [5, 5.41) is 0. The highest BCUT2D eigenvalue weighted by atomic mass is 16.5. The van der Waals surface area contributed by atoms with E-state index in [0.29, 0.717) is 13.2 Å². The van der Waals surface area contributed by atoms with Crippen LogP contribution < -0.4 is 11.3 Å². The number of pyridine rings is 1. The zero-order valence-electron chi connectivity index (χ0n) is 10.1. The van der Waals surface area contributed by atoms with Gasteiger partial charge in [0.1, 0.15) is 0 Å². The van der Waals surface area contributed by atoms with Gasteiger partial charge in [-0.2, -0.15) is 0 Å². The summed E-state index contributed by atoms with van der Waals surface area (Å²) < 4.78 is 11.1. The number of ether oxygens (including phenoxy) is 2. The maximum absolute atomic E-state index is 5.74. The number of nitrogens with two attached hydrogens (primary N) is 1. The van der Waals surface area contributed by atoms with E-state index in [1.165, 1.54) is 0 Å². The van der Waals surface area contributed by atoms with Crippen LogP contribution in [0.25, 0.3) is 0 Å². The molecule has 1 atom stereocenters. The van der Waals surface area contributed by atoms with Crippen LogP contribution in [0.15, 0.2) is 24.5 Å². The number of hydrogen-bond acceptors (Lipinski definition) is 5. The molecule has 94 valence electrons. The molecule has 0 radical (unpaired) electrons. The Morgan fingerprint density at radius 2 is 2.29 bits per heavy atom. The predicted octanol–water partition coefficient (Wildman–Crippen LogP) is 0.782. The molecule has 0 aliphatic carbocycles. The molecular formula is C12H19N3O2. The lowest BCUT2D eigenvalue weighted by atomic mass is 9.83. The first-order valence-corrected chi connectivity index (χ1v) is 5.81. The topological polar surface area (TPSA) is 69.4 Å². The van der Waals surface area contributed by atoms with Crippen LogP contribution in [0.1, 0.15) is 24.4 Å². The van der Waals surface area contributed by atoms with Crippen LogP contribution in [-0.4, -0.2) is 30.9 Å². The van der Waals surface area contributed by atoms with Crippen LogP contribution in [0.3, 0.4) is 0 Å². The van der Waals surface area contributed by atoms with Gasteiger partial charge < -0.3 is 9.47 Å². The Hall–Kier alpha value is -1.01. The summed E-state index contributed by atoms with van der Waals surface area (Å²) in [5.74, 6) is 5.70. The van der Waals surface area contributed by atoms with E-state index in [-0.39, 0.29) is 11.6 Å². The second-order valence-electron chi connectivity index (χ2n) is 4.27. The number of aromatic nitrogens is 1. The zero-order chi connectivity index (χ0) is 12.1. The fourth-order valence-corrected chi connectivity index (χ4v) is 2.43. The number of nitrogens with zero attached hydrogens (tertiary/aromatic N) is 1. The third-order valence-electron chi connectivity index (χ3n) is 3.46. The van der Waals surface area contributed by atoms with E-state index >= 15 is 0 Å². The lowest BCUT2D eigenvalue weighted by Gasteiger charge is -2.42. The first-order chi connectivity index (χ1) is 8.32. The summed E-state index contributed by atoms with van der Waals surface area (Å²) in [6, 6.07) is 3.85. The largest absolute Gasteiger partial charge is 0.381 e. The SMILES string of the molecule is COC1(C(NN)c2cccnc2)CCOCC1. The van der Waals surface area contributed by atoms with Gasteiger partial charge in [0.15, 0.2) is 0 Å². The Bertz CT molecular complexity index is 339. The fourth-order valence-electron chi connectivity index (χ4n) is 2.43. The van der Waals surface area contributed by atoms with Crippen molar-refractivity contribution >= 4 is 0 Å². The van der Waals surface area contributed by atoms with Crippen molar-refractivity contribution in [3.63, 3.8) is 0 Å². The molecule has 1 saturated heterocycles. The molecule has 0 bridgehead atoms. The van der Waals surface area contributed by atoms with Gasteiger partial charge in [0.05, 0.1) is 11.6 Å². The molecule has 0 saturated carbocycles. The maximum Gasteiger partial charge on any atom is 0.0929 e. The van der Waals surface area contributed by atoms with Gasteiger partial charge in [-0.1, -0.05) is 6.07 Å². The molecule has 1 fully saturated rings. The number of hydrazine groups is 1. The highest BCUT2D eigenvalue weighted by molar-refractivity contribution is 5.18. The van der Waals surface area contributed by atoms with Gasteiger partial charge in [0.2, 0.25) is 0 Å². The molecule has 1 aliphatic heterocycles. The Morgan fingerprint density at radius 1 is 1.53 bits per heavy atom. The van der Waals surface area contributed by atoms with Gasteiger partial charge in [0.25, 0.3) is 0 Å². The summed E-state index contributed by atoms with van der Waals surface area (Å²) >= 11 is 0. The van der Waals surface area contributed by atoms with Crippen molar-refractivity contribution in [3.05, 3.63) is 30.1 Å². The number of methoxy groups -OCH3 is 1. The minimum absolute atomic E-state index is 0.0647. The summed E-state index contributed by atoms with van der Waals surface area (Å²) in [4.78, 5) is 4.13. The Kier molecular flexibility index (Phi) is 4.06. The summed E-state index contributed by atoms with van der Waals surface area (Å²) in [6.07, 6.45) is 5.22. The molecule has 17 heavy (non-hydrogen) atoms. The van der Waals surface area contributed by atoms with E-state index in [4.69, 9.17) is 15.3 Å². The molecule has 3 N–H and O–H groups in total. The van der Waals surface area contributed by atoms with Crippen LogP contribution >= 0.6 is 0 Å². The van der Waals surface area contributed by atoms with Crippen molar-refractivity contribution in [1.29, 1.82) is 0 Å². The standard InChI is InChI=1S/C12H19N3O2/c1-16-12(4-7-17-8-5-12)11(15-13)10-3-2-6-14-9-10/h2-3,6,9,11,15H,4-5,7-8,13H2,1H3. The number of hydrogen-bond donors (Lipinski definition) is 2. The van der Waals surface area contributed by atoms with Crippen molar-refractivity contribution < 1.29 is 9.47 Å². The zero-order valence-corrected chi connectivity index (χ0v) is 10.1. The van der Waals surface area contributed by atoms with Gasteiger partial charge in [0, 0.05) is 45.6 Å². The lowest BCUT2D eigenvalue weighted by Crippen LogP contribution is -2.51.